The van der Waals surface area contributed by atoms with Gasteiger partial charge in [-0.3, -0.25) is 4.79 Å². The number of nitrogens with zero attached hydrogens (tertiary/aromatic N) is 1. The molecule has 0 saturated carbocycles. The van der Waals surface area contributed by atoms with E-state index < -0.39 is 0 Å². The van der Waals surface area contributed by atoms with Gasteiger partial charge < -0.3 is 9.64 Å². The second-order valence-electron chi connectivity index (χ2n) is 6.71. The zero-order valence-corrected chi connectivity index (χ0v) is 13.3. The largest absolute Gasteiger partial charge is 0.497 e. The zero-order valence-electron chi connectivity index (χ0n) is 13.3. The molecule has 1 aromatic rings. The van der Waals surface area contributed by atoms with Crippen molar-refractivity contribution in [2.45, 2.75) is 50.6 Å². The highest BCUT2D eigenvalue weighted by molar-refractivity contribution is 5.83. The van der Waals surface area contributed by atoms with Crippen molar-refractivity contribution in [2.24, 2.45) is 5.92 Å². The number of carbonyl (C=O) groups is 1. The van der Waals surface area contributed by atoms with Gasteiger partial charge in [-0.2, -0.15) is 0 Å². The summed E-state index contributed by atoms with van der Waals surface area (Å²) in [6.07, 6.45) is 5.90. The average Bonchev–Trinajstić information content (AvgIpc) is 2.46. The molecule has 0 aliphatic carbocycles. The van der Waals surface area contributed by atoms with Gasteiger partial charge in [-0.05, 0) is 50.4 Å². The summed E-state index contributed by atoms with van der Waals surface area (Å²) in [6, 6.07) is 5.63. The summed E-state index contributed by atoms with van der Waals surface area (Å²) < 4.78 is 18.6. The van der Waals surface area contributed by atoms with Gasteiger partial charge in [0.25, 0.3) is 0 Å². The van der Waals surface area contributed by atoms with Crippen LogP contribution in [0.25, 0.3) is 0 Å². The standard InChI is InChI=1S/C18H24FNO2/c1-20-15-4-3-5-16(20)10-13(9-15)18(21)8-12-6-14(19)11-17(7-12)22-2/h6-7,11,13,15-16H,3-5,8-10H2,1-2H3. The Hall–Kier alpha value is -1.42. The molecule has 2 aliphatic heterocycles. The van der Waals surface area contributed by atoms with Crippen molar-refractivity contribution in [3.05, 3.63) is 29.6 Å². The Morgan fingerprint density at radius 2 is 1.95 bits per heavy atom. The fourth-order valence-electron chi connectivity index (χ4n) is 4.06. The number of fused-ring (bicyclic) bond motifs is 2. The second kappa shape index (κ2) is 6.37. The van der Waals surface area contributed by atoms with Gasteiger partial charge in [-0.1, -0.05) is 6.42 Å². The van der Waals surface area contributed by atoms with Crippen molar-refractivity contribution < 1.29 is 13.9 Å². The number of carbonyl (C=O) groups excluding carboxylic acids is 1. The molecule has 2 atom stereocenters. The van der Waals surface area contributed by atoms with Gasteiger partial charge in [-0.25, -0.2) is 4.39 Å². The van der Waals surface area contributed by atoms with Gasteiger partial charge >= 0.3 is 0 Å². The predicted molar refractivity (Wildman–Crippen MR) is 83.6 cm³/mol. The van der Waals surface area contributed by atoms with Crippen molar-refractivity contribution in [2.75, 3.05) is 14.2 Å². The number of Topliss-reactive ketones (excluding diaryl/α,β-unsaturated/α-hetero) is 1. The lowest BCUT2D eigenvalue weighted by Crippen LogP contribution is -2.51. The van der Waals surface area contributed by atoms with Gasteiger partial charge in [0.1, 0.15) is 17.3 Å². The summed E-state index contributed by atoms with van der Waals surface area (Å²) in [5.41, 5.74) is 0.714. The maximum absolute atomic E-state index is 13.5. The number of hydrogen-bond acceptors (Lipinski definition) is 3. The molecule has 4 heteroatoms. The molecular formula is C18H24FNO2. The molecule has 3 nitrogen and oxygen atoms in total. The van der Waals surface area contributed by atoms with E-state index in [9.17, 15) is 9.18 Å². The van der Waals surface area contributed by atoms with E-state index in [0.29, 0.717) is 29.8 Å². The Balaban J connectivity index is 1.68. The molecule has 0 radical (unpaired) electrons. The van der Waals surface area contributed by atoms with Crippen LogP contribution in [0.2, 0.25) is 0 Å². The summed E-state index contributed by atoms with van der Waals surface area (Å²) in [5, 5.41) is 0. The number of rotatable bonds is 4. The number of piperidine rings is 2. The molecule has 120 valence electrons. The van der Waals surface area contributed by atoms with E-state index in [1.165, 1.54) is 38.5 Å². The van der Waals surface area contributed by atoms with Crippen LogP contribution in [0.5, 0.6) is 5.75 Å². The smallest absolute Gasteiger partial charge is 0.140 e. The van der Waals surface area contributed by atoms with Crippen LogP contribution in [0.4, 0.5) is 4.39 Å². The van der Waals surface area contributed by atoms with Crippen LogP contribution >= 0.6 is 0 Å². The molecule has 2 bridgehead atoms. The molecule has 1 aromatic carbocycles. The molecular weight excluding hydrogens is 281 g/mol. The summed E-state index contributed by atoms with van der Waals surface area (Å²) in [7, 11) is 3.70. The van der Waals surface area contributed by atoms with E-state index in [2.05, 4.69) is 11.9 Å². The quantitative estimate of drug-likeness (QED) is 0.855. The maximum Gasteiger partial charge on any atom is 0.140 e. The maximum atomic E-state index is 13.5. The Bertz CT molecular complexity index is 546. The normalized spacial score (nSPS) is 28.4. The lowest BCUT2D eigenvalue weighted by atomic mass is 9.76. The number of benzene rings is 1. The van der Waals surface area contributed by atoms with Gasteiger partial charge in [0.15, 0.2) is 0 Å². The minimum atomic E-state index is -0.345. The van der Waals surface area contributed by atoms with Crippen molar-refractivity contribution in [1.82, 2.24) is 4.90 Å². The minimum absolute atomic E-state index is 0.126. The molecule has 2 heterocycles. The lowest BCUT2D eigenvalue weighted by molar-refractivity contribution is -0.125. The summed E-state index contributed by atoms with van der Waals surface area (Å²) in [5.74, 6) is 0.504. The van der Waals surface area contributed by atoms with Crippen molar-refractivity contribution in [3.8, 4) is 5.75 Å². The SMILES string of the molecule is COc1cc(F)cc(CC(=O)C2CC3CCCC(C2)N3C)c1. The van der Waals surface area contributed by atoms with Crippen molar-refractivity contribution >= 4 is 5.78 Å². The predicted octanol–water partition coefficient (Wildman–Crippen LogP) is 3.21. The molecule has 3 rings (SSSR count). The van der Waals surface area contributed by atoms with Crippen molar-refractivity contribution in [1.29, 1.82) is 0 Å². The van der Waals surface area contributed by atoms with Crippen LogP contribution in [0.15, 0.2) is 18.2 Å². The lowest BCUT2D eigenvalue weighted by Gasteiger charge is -2.46. The fourth-order valence-corrected chi connectivity index (χ4v) is 4.06. The Kier molecular flexibility index (Phi) is 4.48. The third-order valence-corrected chi connectivity index (χ3v) is 5.34. The van der Waals surface area contributed by atoms with Gasteiger partial charge in [0, 0.05) is 30.5 Å². The Morgan fingerprint density at radius 1 is 1.27 bits per heavy atom. The molecule has 2 fully saturated rings. The summed E-state index contributed by atoms with van der Waals surface area (Å²) in [6.45, 7) is 0. The first-order valence-corrected chi connectivity index (χ1v) is 8.15. The molecule has 0 aromatic heterocycles. The molecule has 2 saturated heterocycles. The number of methoxy groups -OCH3 is 1. The molecule has 2 aliphatic rings. The molecule has 0 amide bonds. The van der Waals surface area contributed by atoms with Crippen LogP contribution < -0.4 is 4.74 Å². The van der Waals surface area contributed by atoms with Gasteiger partial charge in [-0.15, -0.1) is 0 Å². The van der Waals surface area contributed by atoms with Crippen molar-refractivity contribution in [3.63, 3.8) is 0 Å². The van der Waals surface area contributed by atoms with E-state index in [0.717, 1.165) is 12.8 Å². The highest BCUT2D eigenvalue weighted by atomic mass is 19.1. The number of hydrogen-bond donors (Lipinski definition) is 0. The fraction of sp³-hybridized carbons (Fsp3) is 0.611. The average molecular weight is 305 g/mol. The minimum Gasteiger partial charge on any atom is -0.497 e. The third kappa shape index (κ3) is 3.17. The van der Waals surface area contributed by atoms with Crippen LogP contribution in [0.3, 0.4) is 0 Å². The Morgan fingerprint density at radius 3 is 2.59 bits per heavy atom. The first-order valence-electron chi connectivity index (χ1n) is 8.15. The zero-order chi connectivity index (χ0) is 15.7. The van der Waals surface area contributed by atoms with E-state index in [4.69, 9.17) is 4.74 Å². The number of ether oxygens (including phenoxy) is 1. The molecule has 22 heavy (non-hydrogen) atoms. The molecule has 0 N–H and O–H groups in total. The number of ketones is 1. The van der Waals surface area contributed by atoms with Gasteiger partial charge in [0.2, 0.25) is 0 Å². The number of halogens is 1. The monoisotopic (exact) mass is 305 g/mol. The summed E-state index contributed by atoms with van der Waals surface area (Å²) >= 11 is 0. The van der Waals surface area contributed by atoms with Crippen LogP contribution in [0, 0.1) is 11.7 Å². The van der Waals surface area contributed by atoms with Gasteiger partial charge in [0.05, 0.1) is 7.11 Å². The first-order chi connectivity index (χ1) is 10.6. The van der Waals surface area contributed by atoms with E-state index in [1.807, 2.05) is 0 Å². The second-order valence-corrected chi connectivity index (χ2v) is 6.71. The van der Waals surface area contributed by atoms with E-state index in [-0.39, 0.29) is 17.5 Å². The first kappa shape index (κ1) is 15.5. The highest BCUT2D eigenvalue weighted by Crippen LogP contribution is 2.36. The highest BCUT2D eigenvalue weighted by Gasteiger charge is 2.38. The molecule has 2 unspecified atom stereocenters. The third-order valence-electron chi connectivity index (χ3n) is 5.34. The van der Waals surface area contributed by atoms with E-state index in [1.54, 1.807) is 6.07 Å². The van der Waals surface area contributed by atoms with Crippen LogP contribution in [-0.4, -0.2) is 36.9 Å². The van der Waals surface area contributed by atoms with Crippen LogP contribution in [-0.2, 0) is 11.2 Å². The Labute approximate surface area is 131 Å². The van der Waals surface area contributed by atoms with E-state index >= 15 is 0 Å². The topological polar surface area (TPSA) is 29.5 Å². The molecule has 0 spiro atoms. The summed E-state index contributed by atoms with van der Waals surface area (Å²) in [4.78, 5) is 15.1. The van der Waals surface area contributed by atoms with Crippen LogP contribution in [0.1, 0.15) is 37.7 Å².